The lowest BCUT2D eigenvalue weighted by Crippen LogP contribution is -2.31. The van der Waals surface area contributed by atoms with Crippen molar-refractivity contribution in [3.8, 4) is 33.8 Å². The topological polar surface area (TPSA) is 40.5 Å². The monoisotopic (exact) mass is 532 g/mol. The highest BCUT2D eigenvalue weighted by atomic mass is 16.3. The summed E-state index contributed by atoms with van der Waals surface area (Å²) in [6.07, 6.45) is 0. The SMILES string of the molecule is Cc1c(-c2ccccc2)ccc(C(c2ccccc2)(c2ccccc2)c2ccc(-c3ccccc3)c(C)c2O)c1O. The molecule has 0 spiro atoms. The summed E-state index contributed by atoms with van der Waals surface area (Å²) in [5.41, 5.74) is 7.98. The lowest BCUT2D eigenvalue weighted by molar-refractivity contribution is 0.443. The van der Waals surface area contributed by atoms with Crippen molar-refractivity contribution in [2.75, 3.05) is 0 Å². The predicted molar refractivity (Wildman–Crippen MR) is 168 cm³/mol. The minimum absolute atomic E-state index is 0.211. The van der Waals surface area contributed by atoms with E-state index in [0.29, 0.717) is 11.1 Å². The summed E-state index contributed by atoms with van der Waals surface area (Å²) in [6, 6.07) is 48.8. The average molecular weight is 533 g/mol. The maximum atomic E-state index is 12.1. The number of rotatable bonds is 6. The number of benzene rings is 6. The van der Waals surface area contributed by atoms with Crippen LogP contribution in [0.2, 0.25) is 0 Å². The van der Waals surface area contributed by atoms with Crippen LogP contribution in [0.4, 0.5) is 0 Å². The van der Waals surface area contributed by atoms with Gasteiger partial charge in [-0.3, -0.25) is 0 Å². The van der Waals surface area contributed by atoms with Crippen LogP contribution in [0.25, 0.3) is 22.3 Å². The van der Waals surface area contributed by atoms with Gasteiger partial charge in [0.15, 0.2) is 0 Å². The van der Waals surface area contributed by atoms with Crippen molar-refractivity contribution in [2.45, 2.75) is 19.3 Å². The molecule has 6 aromatic rings. The molecule has 0 fully saturated rings. The summed E-state index contributed by atoms with van der Waals surface area (Å²) in [6.45, 7) is 3.93. The van der Waals surface area contributed by atoms with Crippen LogP contribution in [-0.4, -0.2) is 10.2 Å². The van der Waals surface area contributed by atoms with E-state index >= 15 is 0 Å². The van der Waals surface area contributed by atoms with Gasteiger partial charge in [-0.1, -0.05) is 146 Å². The molecule has 0 atom stereocenters. The molecule has 0 aliphatic rings. The van der Waals surface area contributed by atoms with Gasteiger partial charge in [0.2, 0.25) is 0 Å². The number of hydrogen-bond donors (Lipinski definition) is 2. The fraction of sp³-hybridized carbons (Fsp3) is 0.0769. The zero-order valence-electron chi connectivity index (χ0n) is 23.3. The van der Waals surface area contributed by atoms with E-state index in [1.807, 2.05) is 98.8 Å². The molecule has 0 saturated carbocycles. The van der Waals surface area contributed by atoms with Crippen molar-refractivity contribution >= 4 is 0 Å². The van der Waals surface area contributed by atoms with Crippen LogP contribution >= 0.6 is 0 Å². The molecule has 0 heterocycles. The second-order valence-corrected chi connectivity index (χ2v) is 10.5. The van der Waals surface area contributed by atoms with E-state index in [1.54, 1.807) is 0 Å². The Bertz CT molecular complexity index is 1660. The van der Waals surface area contributed by atoms with E-state index in [2.05, 4.69) is 60.7 Å². The summed E-state index contributed by atoms with van der Waals surface area (Å²) in [5.74, 6) is 0.423. The highest BCUT2D eigenvalue weighted by molar-refractivity contribution is 5.77. The van der Waals surface area contributed by atoms with Gasteiger partial charge >= 0.3 is 0 Å². The Morgan fingerprint density at radius 3 is 1.05 bits per heavy atom. The number of hydrogen-bond acceptors (Lipinski definition) is 2. The molecule has 200 valence electrons. The third-order valence-corrected chi connectivity index (χ3v) is 8.25. The Balaban J connectivity index is 1.71. The lowest BCUT2D eigenvalue weighted by atomic mass is 9.63. The Morgan fingerprint density at radius 1 is 0.390 bits per heavy atom. The van der Waals surface area contributed by atoms with Crippen molar-refractivity contribution in [3.63, 3.8) is 0 Å². The zero-order valence-corrected chi connectivity index (χ0v) is 23.3. The summed E-state index contributed by atoms with van der Waals surface area (Å²) in [5, 5.41) is 24.1. The maximum Gasteiger partial charge on any atom is 0.123 e. The molecule has 0 aliphatic heterocycles. The highest BCUT2D eigenvalue weighted by Gasteiger charge is 2.43. The van der Waals surface area contributed by atoms with Crippen LogP contribution in [0, 0.1) is 13.8 Å². The molecule has 0 amide bonds. The zero-order chi connectivity index (χ0) is 28.4. The van der Waals surface area contributed by atoms with E-state index in [1.165, 1.54) is 0 Å². The van der Waals surface area contributed by atoms with Crippen molar-refractivity contribution in [2.24, 2.45) is 0 Å². The van der Waals surface area contributed by atoms with E-state index in [0.717, 1.165) is 44.5 Å². The second-order valence-electron chi connectivity index (χ2n) is 10.5. The predicted octanol–water partition coefficient (Wildman–Crippen LogP) is 9.43. The third-order valence-electron chi connectivity index (χ3n) is 8.25. The lowest BCUT2D eigenvalue weighted by Gasteiger charge is -2.38. The first-order valence-electron chi connectivity index (χ1n) is 13.9. The molecule has 0 aromatic heterocycles. The van der Waals surface area contributed by atoms with E-state index in [4.69, 9.17) is 0 Å². The third kappa shape index (κ3) is 4.38. The normalized spacial score (nSPS) is 11.4. The average Bonchev–Trinajstić information content (AvgIpc) is 3.03. The van der Waals surface area contributed by atoms with Crippen LogP contribution in [0.1, 0.15) is 33.4 Å². The van der Waals surface area contributed by atoms with Gasteiger partial charge < -0.3 is 10.2 Å². The second kappa shape index (κ2) is 10.8. The maximum absolute atomic E-state index is 12.1. The molecule has 0 unspecified atom stereocenters. The van der Waals surface area contributed by atoms with E-state index < -0.39 is 5.41 Å². The first-order chi connectivity index (χ1) is 20.0. The fourth-order valence-electron chi connectivity index (χ4n) is 6.18. The molecule has 2 nitrogen and oxygen atoms in total. The van der Waals surface area contributed by atoms with E-state index in [9.17, 15) is 10.2 Å². The smallest absolute Gasteiger partial charge is 0.123 e. The quantitative estimate of drug-likeness (QED) is 0.210. The number of phenols is 2. The minimum atomic E-state index is -0.989. The molecule has 0 saturated heterocycles. The van der Waals surface area contributed by atoms with Gasteiger partial charge in [0.05, 0.1) is 5.41 Å². The van der Waals surface area contributed by atoms with Gasteiger partial charge in [-0.15, -0.1) is 0 Å². The fourth-order valence-corrected chi connectivity index (χ4v) is 6.18. The molecular formula is C39H32O2. The molecular weight excluding hydrogens is 500 g/mol. The van der Waals surface area contributed by atoms with Crippen molar-refractivity contribution in [1.82, 2.24) is 0 Å². The van der Waals surface area contributed by atoms with Gasteiger partial charge in [0.25, 0.3) is 0 Å². The van der Waals surface area contributed by atoms with Crippen LogP contribution in [0.3, 0.4) is 0 Å². The Kier molecular flexibility index (Phi) is 6.91. The molecule has 2 N–H and O–H groups in total. The first-order valence-corrected chi connectivity index (χ1v) is 13.9. The van der Waals surface area contributed by atoms with E-state index in [-0.39, 0.29) is 11.5 Å². The van der Waals surface area contributed by atoms with Crippen LogP contribution in [0.15, 0.2) is 146 Å². The summed E-state index contributed by atoms with van der Waals surface area (Å²) in [4.78, 5) is 0. The summed E-state index contributed by atoms with van der Waals surface area (Å²) >= 11 is 0. The molecule has 0 aliphatic carbocycles. The largest absolute Gasteiger partial charge is 0.507 e. The van der Waals surface area contributed by atoms with Gasteiger partial charge in [0, 0.05) is 11.1 Å². The molecule has 0 bridgehead atoms. The highest BCUT2D eigenvalue weighted by Crippen LogP contribution is 2.53. The number of phenolic OH excluding ortho intramolecular Hbond substituents is 2. The van der Waals surface area contributed by atoms with Crippen LogP contribution in [-0.2, 0) is 5.41 Å². The van der Waals surface area contributed by atoms with Gasteiger partial charge in [-0.25, -0.2) is 0 Å². The summed E-state index contributed by atoms with van der Waals surface area (Å²) < 4.78 is 0. The Labute approximate surface area is 241 Å². The van der Waals surface area contributed by atoms with Crippen LogP contribution < -0.4 is 0 Å². The van der Waals surface area contributed by atoms with Crippen molar-refractivity contribution < 1.29 is 10.2 Å². The van der Waals surface area contributed by atoms with Gasteiger partial charge in [-0.2, -0.15) is 0 Å². The van der Waals surface area contributed by atoms with Crippen molar-refractivity contribution in [3.05, 3.63) is 179 Å². The molecule has 2 heteroatoms. The van der Waals surface area contributed by atoms with Gasteiger partial charge in [-0.05, 0) is 58.4 Å². The van der Waals surface area contributed by atoms with Crippen molar-refractivity contribution in [1.29, 1.82) is 0 Å². The minimum Gasteiger partial charge on any atom is -0.507 e. The summed E-state index contributed by atoms with van der Waals surface area (Å²) in [7, 11) is 0. The Morgan fingerprint density at radius 2 is 0.707 bits per heavy atom. The molecule has 6 aromatic carbocycles. The molecule has 6 rings (SSSR count). The number of aromatic hydroxyl groups is 2. The van der Waals surface area contributed by atoms with Gasteiger partial charge in [0.1, 0.15) is 11.5 Å². The molecule has 0 radical (unpaired) electrons. The Hall–Kier alpha value is -5.08. The van der Waals surface area contributed by atoms with Crippen LogP contribution in [0.5, 0.6) is 11.5 Å². The first kappa shape index (κ1) is 26.2. The standard InChI is InChI=1S/C39H32O2/c1-27-33(29-15-7-3-8-16-29)23-25-35(37(27)40)39(31-19-11-5-12-20-31,32-21-13-6-14-22-32)36-26-24-34(28(2)38(36)41)30-17-9-4-10-18-30/h3-26,40-41H,1-2H3. The molecule has 41 heavy (non-hydrogen) atoms.